The van der Waals surface area contributed by atoms with E-state index in [4.69, 9.17) is 9.47 Å². The van der Waals surface area contributed by atoms with Crippen molar-refractivity contribution in [1.82, 2.24) is 5.32 Å². The first kappa shape index (κ1) is 19.5. The molecule has 0 bridgehead atoms. The second kappa shape index (κ2) is 9.11. The molecular formula is C23H21BrN2O3. The molecule has 29 heavy (non-hydrogen) atoms. The predicted octanol–water partition coefficient (Wildman–Crippen LogP) is 4.54. The molecule has 0 saturated carbocycles. The molecule has 0 aliphatic carbocycles. The highest BCUT2D eigenvalue weighted by atomic mass is 79.9. The maximum atomic E-state index is 12.6. The van der Waals surface area contributed by atoms with E-state index in [1.54, 1.807) is 6.07 Å². The largest absolute Gasteiger partial charge is 0.486 e. The van der Waals surface area contributed by atoms with E-state index < -0.39 is 0 Å². The molecule has 2 N–H and O–H groups in total. The molecule has 3 aromatic carbocycles. The quantitative estimate of drug-likeness (QED) is 0.576. The molecule has 6 heteroatoms. The molecule has 0 radical (unpaired) electrons. The summed E-state index contributed by atoms with van der Waals surface area (Å²) in [5.41, 5.74) is 2.86. The molecule has 1 heterocycles. The van der Waals surface area contributed by atoms with Gasteiger partial charge in [0.2, 0.25) is 5.91 Å². The van der Waals surface area contributed by atoms with Gasteiger partial charge in [-0.1, -0.05) is 60.7 Å². The molecule has 0 unspecified atom stereocenters. The lowest BCUT2D eigenvalue weighted by Crippen LogP contribution is -2.32. The van der Waals surface area contributed by atoms with Gasteiger partial charge in [0.05, 0.1) is 18.3 Å². The van der Waals surface area contributed by atoms with E-state index in [-0.39, 0.29) is 18.5 Å². The van der Waals surface area contributed by atoms with Crippen LogP contribution >= 0.6 is 15.9 Å². The summed E-state index contributed by atoms with van der Waals surface area (Å²) < 4.78 is 11.9. The minimum atomic E-state index is -0.140. The first-order chi connectivity index (χ1) is 14.2. The third-order valence-corrected chi connectivity index (χ3v) is 5.29. The minimum absolute atomic E-state index is 0.0770. The van der Waals surface area contributed by atoms with Crippen LogP contribution in [0.2, 0.25) is 0 Å². The van der Waals surface area contributed by atoms with E-state index in [1.807, 2.05) is 42.5 Å². The van der Waals surface area contributed by atoms with Crippen LogP contribution < -0.4 is 20.1 Å². The number of halogens is 1. The summed E-state index contributed by atoms with van der Waals surface area (Å²) in [6, 6.07) is 23.7. The minimum Gasteiger partial charge on any atom is -0.486 e. The summed E-state index contributed by atoms with van der Waals surface area (Å²) >= 11 is 3.49. The van der Waals surface area contributed by atoms with Crippen molar-refractivity contribution in [3.8, 4) is 11.5 Å². The van der Waals surface area contributed by atoms with Crippen molar-refractivity contribution < 1.29 is 14.3 Å². The van der Waals surface area contributed by atoms with Crippen molar-refractivity contribution in [2.45, 2.75) is 6.04 Å². The van der Waals surface area contributed by atoms with E-state index in [9.17, 15) is 4.79 Å². The highest BCUT2D eigenvalue weighted by molar-refractivity contribution is 9.10. The van der Waals surface area contributed by atoms with Gasteiger partial charge >= 0.3 is 0 Å². The summed E-state index contributed by atoms with van der Waals surface area (Å²) in [6.07, 6.45) is 0. The number of hydrogen-bond donors (Lipinski definition) is 2. The van der Waals surface area contributed by atoms with Crippen LogP contribution in [0.1, 0.15) is 17.2 Å². The van der Waals surface area contributed by atoms with Gasteiger partial charge < -0.3 is 14.8 Å². The summed E-state index contributed by atoms with van der Waals surface area (Å²) in [7, 11) is 0. The lowest BCUT2D eigenvalue weighted by atomic mass is 9.99. The zero-order valence-corrected chi connectivity index (χ0v) is 17.3. The van der Waals surface area contributed by atoms with Gasteiger partial charge in [0, 0.05) is 16.6 Å². The normalized spacial score (nSPS) is 12.6. The predicted molar refractivity (Wildman–Crippen MR) is 116 cm³/mol. The van der Waals surface area contributed by atoms with E-state index >= 15 is 0 Å². The Balaban J connectivity index is 1.46. The van der Waals surface area contributed by atoms with Crippen LogP contribution in [-0.4, -0.2) is 25.7 Å². The van der Waals surface area contributed by atoms with Gasteiger partial charge in [-0.25, -0.2) is 0 Å². The topological polar surface area (TPSA) is 59.6 Å². The molecule has 4 rings (SSSR count). The fourth-order valence-electron chi connectivity index (χ4n) is 3.27. The van der Waals surface area contributed by atoms with Crippen LogP contribution in [0.5, 0.6) is 11.5 Å². The van der Waals surface area contributed by atoms with E-state index in [0.29, 0.717) is 30.4 Å². The summed E-state index contributed by atoms with van der Waals surface area (Å²) in [4.78, 5) is 12.6. The highest BCUT2D eigenvalue weighted by Crippen LogP contribution is 2.38. The van der Waals surface area contributed by atoms with Crippen LogP contribution in [0, 0.1) is 0 Å². The molecule has 0 atom stereocenters. The number of rotatable bonds is 6. The van der Waals surface area contributed by atoms with Crippen molar-refractivity contribution in [3.05, 3.63) is 88.4 Å². The molecule has 0 spiro atoms. The molecule has 1 amide bonds. The zero-order valence-electron chi connectivity index (χ0n) is 15.7. The SMILES string of the molecule is O=C(CNC(c1ccccc1)c1ccccc1)Nc1cc2c(cc1Br)OCCO2. The molecular weight excluding hydrogens is 432 g/mol. The number of fused-ring (bicyclic) bond motifs is 1. The Morgan fingerprint density at radius 1 is 0.897 bits per heavy atom. The van der Waals surface area contributed by atoms with Crippen LogP contribution in [0.3, 0.4) is 0 Å². The van der Waals surface area contributed by atoms with E-state index in [2.05, 4.69) is 50.8 Å². The third-order valence-electron chi connectivity index (χ3n) is 4.64. The number of benzene rings is 3. The van der Waals surface area contributed by atoms with Crippen LogP contribution in [0.25, 0.3) is 0 Å². The molecule has 5 nitrogen and oxygen atoms in total. The van der Waals surface area contributed by atoms with Gasteiger partial charge in [0.25, 0.3) is 0 Å². The van der Waals surface area contributed by atoms with Crippen molar-refractivity contribution in [3.63, 3.8) is 0 Å². The molecule has 148 valence electrons. The number of hydrogen-bond acceptors (Lipinski definition) is 4. The van der Waals surface area contributed by atoms with Gasteiger partial charge in [-0.3, -0.25) is 10.1 Å². The first-order valence-electron chi connectivity index (χ1n) is 9.43. The Labute approximate surface area is 178 Å². The fraction of sp³-hybridized carbons (Fsp3) is 0.174. The van der Waals surface area contributed by atoms with Crippen LogP contribution in [-0.2, 0) is 4.79 Å². The highest BCUT2D eigenvalue weighted by Gasteiger charge is 2.18. The first-order valence-corrected chi connectivity index (χ1v) is 10.2. The summed E-state index contributed by atoms with van der Waals surface area (Å²) in [6.45, 7) is 1.18. The number of anilines is 1. The smallest absolute Gasteiger partial charge is 0.238 e. The fourth-order valence-corrected chi connectivity index (χ4v) is 3.69. The molecule has 0 fully saturated rings. The monoisotopic (exact) mass is 452 g/mol. The van der Waals surface area contributed by atoms with Crippen molar-refractivity contribution >= 4 is 27.5 Å². The number of carbonyl (C=O) groups excluding carboxylic acids is 1. The molecule has 0 aromatic heterocycles. The van der Waals surface area contributed by atoms with E-state index in [0.717, 1.165) is 15.6 Å². The van der Waals surface area contributed by atoms with Gasteiger partial charge in [0.1, 0.15) is 13.2 Å². The maximum Gasteiger partial charge on any atom is 0.238 e. The lowest BCUT2D eigenvalue weighted by molar-refractivity contribution is -0.115. The number of nitrogens with one attached hydrogen (secondary N) is 2. The Morgan fingerprint density at radius 3 is 2.03 bits per heavy atom. The van der Waals surface area contributed by atoms with Gasteiger partial charge in [0.15, 0.2) is 11.5 Å². The molecule has 0 saturated heterocycles. The molecule has 1 aliphatic heterocycles. The lowest BCUT2D eigenvalue weighted by Gasteiger charge is -2.21. The molecule has 3 aromatic rings. The van der Waals surface area contributed by atoms with Crippen LogP contribution in [0.15, 0.2) is 77.3 Å². The standard InChI is InChI=1S/C23H21BrN2O3/c24-18-13-20-21(29-12-11-28-20)14-19(18)26-22(27)15-25-23(16-7-3-1-4-8-16)17-9-5-2-6-10-17/h1-10,13-14,23,25H,11-12,15H2,(H,26,27). The number of amides is 1. The van der Waals surface area contributed by atoms with Crippen molar-refractivity contribution in [2.24, 2.45) is 0 Å². The Hall–Kier alpha value is -2.83. The average Bonchev–Trinajstić information content (AvgIpc) is 2.76. The number of ether oxygens (including phenoxy) is 2. The summed E-state index contributed by atoms with van der Waals surface area (Å²) in [5, 5.41) is 6.31. The maximum absolute atomic E-state index is 12.6. The van der Waals surface area contributed by atoms with Gasteiger partial charge in [-0.2, -0.15) is 0 Å². The zero-order chi connectivity index (χ0) is 20.1. The van der Waals surface area contributed by atoms with Crippen molar-refractivity contribution in [2.75, 3.05) is 25.1 Å². The second-order valence-electron chi connectivity index (χ2n) is 6.66. The average molecular weight is 453 g/mol. The Morgan fingerprint density at radius 2 is 1.45 bits per heavy atom. The van der Waals surface area contributed by atoms with Gasteiger partial charge in [-0.15, -0.1) is 0 Å². The van der Waals surface area contributed by atoms with Crippen LogP contribution in [0.4, 0.5) is 5.69 Å². The van der Waals surface area contributed by atoms with Gasteiger partial charge in [-0.05, 0) is 27.1 Å². The van der Waals surface area contributed by atoms with Crippen molar-refractivity contribution in [1.29, 1.82) is 0 Å². The Kier molecular flexibility index (Phi) is 6.12. The summed E-state index contributed by atoms with van der Waals surface area (Å²) in [5.74, 6) is 1.17. The number of carbonyl (C=O) groups is 1. The van der Waals surface area contributed by atoms with E-state index in [1.165, 1.54) is 0 Å². The molecule has 1 aliphatic rings. The second-order valence-corrected chi connectivity index (χ2v) is 7.51. The third kappa shape index (κ3) is 4.78. The Bertz CT molecular complexity index is 941.